The van der Waals surface area contributed by atoms with Crippen molar-refractivity contribution in [1.82, 2.24) is 14.5 Å². The average molecular weight is 417 g/mol. The van der Waals surface area contributed by atoms with E-state index in [2.05, 4.69) is 14.9 Å². The van der Waals surface area contributed by atoms with Crippen molar-refractivity contribution in [2.24, 2.45) is 5.92 Å². The van der Waals surface area contributed by atoms with Gasteiger partial charge < -0.3 is 14.8 Å². The predicted octanol–water partition coefficient (Wildman–Crippen LogP) is 4.04. The highest BCUT2D eigenvalue weighted by Gasteiger charge is 2.29. The van der Waals surface area contributed by atoms with E-state index in [1.54, 1.807) is 11.1 Å². The second kappa shape index (κ2) is 9.16. The van der Waals surface area contributed by atoms with Crippen LogP contribution in [0.4, 0.5) is 5.69 Å². The number of piperidine rings is 1. The van der Waals surface area contributed by atoms with E-state index >= 15 is 0 Å². The Morgan fingerprint density at radius 1 is 1.06 bits per heavy atom. The number of likely N-dealkylation sites (tertiary alicyclic amines) is 1. The second-order valence-electron chi connectivity index (χ2n) is 8.24. The van der Waals surface area contributed by atoms with Crippen LogP contribution in [0.2, 0.25) is 0 Å². The molecule has 6 heteroatoms. The number of nitrogens with zero attached hydrogens (tertiary/aromatic N) is 3. The Labute approximate surface area is 182 Å². The van der Waals surface area contributed by atoms with Gasteiger partial charge in [-0.1, -0.05) is 29.8 Å². The van der Waals surface area contributed by atoms with E-state index in [-0.39, 0.29) is 17.7 Å². The standard InChI is InChI=1S/C25H28N4O2/c1-18-5-9-21(10-6-18)25(31)29-14-3-4-22(17-29)24(30)27-23-11-7-20(8-12-23)16-28-15-13-26-19(28)2/h5-13,15,22H,3-4,14,16-17H2,1-2H3,(H,27,30). The monoisotopic (exact) mass is 416 g/mol. The maximum atomic E-state index is 12.8. The van der Waals surface area contributed by atoms with Crippen molar-refractivity contribution in [3.05, 3.63) is 83.4 Å². The SMILES string of the molecule is Cc1ccc(C(=O)N2CCCC(C(=O)Nc3ccc(Cn4ccnc4C)cc3)C2)cc1. The van der Waals surface area contributed by atoms with Gasteiger partial charge in [0.05, 0.1) is 5.92 Å². The lowest BCUT2D eigenvalue weighted by Gasteiger charge is -2.32. The fraction of sp³-hybridized carbons (Fsp3) is 0.320. The largest absolute Gasteiger partial charge is 0.338 e. The van der Waals surface area contributed by atoms with Crippen molar-refractivity contribution in [2.45, 2.75) is 33.2 Å². The van der Waals surface area contributed by atoms with E-state index in [1.165, 1.54) is 0 Å². The molecule has 0 bridgehead atoms. The first-order valence-electron chi connectivity index (χ1n) is 10.7. The normalized spacial score (nSPS) is 16.2. The molecule has 1 N–H and O–H groups in total. The van der Waals surface area contributed by atoms with E-state index < -0.39 is 0 Å². The van der Waals surface area contributed by atoms with Gasteiger partial charge in [-0.05, 0) is 56.5 Å². The van der Waals surface area contributed by atoms with Crippen LogP contribution < -0.4 is 5.32 Å². The summed E-state index contributed by atoms with van der Waals surface area (Å²) in [6.07, 6.45) is 5.37. The van der Waals surface area contributed by atoms with Crippen LogP contribution in [-0.4, -0.2) is 39.4 Å². The number of imidazole rings is 1. The third kappa shape index (κ3) is 5.02. The minimum Gasteiger partial charge on any atom is -0.338 e. The highest BCUT2D eigenvalue weighted by atomic mass is 16.2. The zero-order chi connectivity index (χ0) is 21.8. The summed E-state index contributed by atoms with van der Waals surface area (Å²) in [6, 6.07) is 15.5. The Hall–Kier alpha value is -3.41. The highest BCUT2D eigenvalue weighted by Crippen LogP contribution is 2.21. The van der Waals surface area contributed by atoms with Gasteiger partial charge in [-0.15, -0.1) is 0 Å². The molecule has 6 nitrogen and oxygen atoms in total. The summed E-state index contributed by atoms with van der Waals surface area (Å²) in [6.45, 7) is 5.88. The first-order valence-corrected chi connectivity index (χ1v) is 10.7. The van der Waals surface area contributed by atoms with Crippen molar-refractivity contribution in [2.75, 3.05) is 18.4 Å². The van der Waals surface area contributed by atoms with E-state index in [0.717, 1.165) is 42.0 Å². The van der Waals surface area contributed by atoms with Crippen molar-refractivity contribution in [1.29, 1.82) is 0 Å². The molecule has 0 spiro atoms. The van der Waals surface area contributed by atoms with Crippen molar-refractivity contribution in [3.63, 3.8) is 0 Å². The molecule has 0 saturated carbocycles. The van der Waals surface area contributed by atoms with Gasteiger partial charge in [0.15, 0.2) is 0 Å². The summed E-state index contributed by atoms with van der Waals surface area (Å²) in [5.41, 5.74) is 3.72. The molecule has 1 saturated heterocycles. The smallest absolute Gasteiger partial charge is 0.253 e. The maximum Gasteiger partial charge on any atom is 0.253 e. The topological polar surface area (TPSA) is 67.2 Å². The summed E-state index contributed by atoms with van der Waals surface area (Å²) < 4.78 is 2.08. The summed E-state index contributed by atoms with van der Waals surface area (Å²) in [7, 11) is 0. The zero-order valence-corrected chi connectivity index (χ0v) is 18.0. The molecule has 1 atom stereocenters. The molecular weight excluding hydrogens is 388 g/mol. The van der Waals surface area contributed by atoms with Gasteiger partial charge in [-0.25, -0.2) is 4.98 Å². The number of anilines is 1. The van der Waals surface area contributed by atoms with Crippen molar-refractivity contribution < 1.29 is 9.59 Å². The molecule has 0 aliphatic carbocycles. The Kier molecular flexibility index (Phi) is 6.16. The molecule has 1 fully saturated rings. The maximum absolute atomic E-state index is 12.8. The number of hydrogen-bond acceptors (Lipinski definition) is 3. The number of aryl methyl sites for hydroxylation is 2. The van der Waals surface area contributed by atoms with Crippen LogP contribution in [0.15, 0.2) is 60.9 Å². The molecule has 31 heavy (non-hydrogen) atoms. The number of rotatable bonds is 5. The molecule has 4 rings (SSSR count). The number of hydrogen-bond donors (Lipinski definition) is 1. The molecule has 2 heterocycles. The van der Waals surface area contributed by atoms with Crippen LogP contribution in [0.5, 0.6) is 0 Å². The molecule has 2 amide bonds. The minimum absolute atomic E-state index is 0.00310. The second-order valence-corrected chi connectivity index (χ2v) is 8.24. The predicted molar refractivity (Wildman–Crippen MR) is 121 cm³/mol. The number of benzene rings is 2. The quantitative estimate of drug-likeness (QED) is 0.683. The van der Waals surface area contributed by atoms with Gasteiger partial charge in [0, 0.05) is 43.3 Å². The molecular formula is C25H28N4O2. The average Bonchev–Trinajstić information content (AvgIpc) is 3.19. The van der Waals surface area contributed by atoms with Crippen LogP contribution in [-0.2, 0) is 11.3 Å². The van der Waals surface area contributed by atoms with Crippen molar-refractivity contribution in [3.8, 4) is 0 Å². The van der Waals surface area contributed by atoms with Gasteiger partial charge in [-0.3, -0.25) is 9.59 Å². The van der Waals surface area contributed by atoms with Gasteiger partial charge in [0.25, 0.3) is 5.91 Å². The van der Waals surface area contributed by atoms with Gasteiger partial charge in [-0.2, -0.15) is 0 Å². The Morgan fingerprint density at radius 3 is 2.48 bits per heavy atom. The molecule has 1 aliphatic heterocycles. The Bertz CT molecular complexity index is 1050. The summed E-state index contributed by atoms with van der Waals surface area (Å²) in [5.74, 6) is 0.743. The molecule has 0 radical (unpaired) electrons. The Morgan fingerprint density at radius 2 is 1.81 bits per heavy atom. The highest BCUT2D eigenvalue weighted by molar-refractivity contribution is 5.96. The number of carbonyl (C=O) groups is 2. The van der Waals surface area contributed by atoms with Gasteiger partial charge in [0.2, 0.25) is 5.91 Å². The third-order valence-corrected chi connectivity index (χ3v) is 5.88. The van der Waals surface area contributed by atoms with Crippen molar-refractivity contribution >= 4 is 17.5 Å². The van der Waals surface area contributed by atoms with Gasteiger partial charge >= 0.3 is 0 Å². The molecule has 1 aliphatic rings. The lowest BCUT2D eigenvalue weighted by Crippen LogP contribution is -2.43. The van der Waals surface area contributed by atoms with Gasteiger partial charge in [0.1, 0.15) is 5.82 Å². The number of nitrogens with one attached hydrogen (secondary N) is 1. The fourth-order valence-electron chi connectivity index (χ4n) is 3.96. The van der Waals surface area contributed by atoms with E-state index in [4.69, 9.17) is 0 Å². The minimum atomic E-state index is -0.198. The summed E-state index contributed by atoms with van der Waals surface area (Å²) in [5, 5.41) is 3.02. The first kappa shape index (κ1) is 20.8. The van der Waals surface area contributed by atoms with Crippen LogP contribution in [0.1, 0.15) is 40.2 Å². The zero-order valence-electron chi connectivity index (χ0n) is 18.0. The summed E-state index contributed by atoms with van der Waals surface area (Å²) in [4.78, 5) is 31.7. The number of amides is 2. The third-order valence-electron chi connectivity index (χ3n) is 5.88. The Balaban J connectivity index is 1.35. The van der Waals surface area contributed by atoms with Crippen LogP contribution in [0.25, 0.3) is 0 Å². The number of aromatic nitrogens is 2. The number of carbonyl (C=O) groups excluding carboxylic acids is 2. The lowest BCUT2D eigenvalue weighted by molar-refractivity contribution is -0.121. The molecule has 160 valence electrons. The van der Waals surface area contributed by atoms with Crippen LogP contribution in [0, 0.1) is 19.8 Å². The fourth-order valence-corrected chi connectivity index (χ4v) is 3.96. The molecule has 3 aromatic rings. The van der Waals surface area contributed by atoms with E-state index in [9.17, 15) is 9.59 Å². The molecule has 2 aromatic carbocycles. The van der Waals surface area contributed by atoms with Crippen LogP contribution >= 0.6 is 0 Å². The lowest BCUT2D eigenvalue weighted by atomic mass is 9.96. The molecule has 1 unspecified atom stereocenters. The molecule has 1 aromatic heterocycles. The first-order chi connectivity index (χ1) is 15.0. The van der Waals surface area contributed by atoms with E-state index in [0.29, 0.717) is 18.7 Å². The summed E-state index contributed by atoms with van der Waals surface area (Å²) >= 11 is 0. The van der Waals surface area contributed by atoms with Crippen LogP contribution in [0.3, 0.4) is 0 Å². The van der Waals surface area contributed by atoms with E-state index in [1.807, 2.05) is 68.6 Å².